The maximum absolute atomic E-state index is 11.8. The number of nitro groups is 1. The van der Waals surface area contributed by atoms with Crippen LogP contribution in [0.25, 0.3) is 0 Å². The van der Waals surface area contributed by atoms with Crippen molar-refractivity contribution in [2.75, 3.05) is 16.9 Å². The minimum atomic E-state index is -0.534. The summed E-state index contributed by atoms with van der Waals surface area (Å²) in [7, 11) is 0. The van der Waals surface area contributed by atoms with E-state index in [4.69, 9.17) is 5.84 Å². The number of aromatic nitrogens is 3. The van der Waals surface area contributed by atoms with Crippen LogP contribution in [-0.2, 0) is 4.79 Å². The highest BCUT2D eigenvalue weighted by atomic mass is 32.2. The van der Waals surface area contributed by atoms with E-state index in [1.54, 1.807) is 0 Å². The van der Waals surface area contributed by atoms with Crippen LogP contribution in [0.4, 0.5) is 11.4 Å². The first-order valence-corrected chi connectivity index (χ1v) is 6.83. The molecule has 0 saturated heterocycles. The second kappa shape index (κ2) is 6.67. The summed E-state index contributed by atoms with van der Waals surface area (Å²) in [5, 5.41) is 20.3. The van der Waals surface area contributed by atoms with Crippen LogP contribution in [0.1, 0.15) is 0 Å². The first-order chi connectivity index (χ1) is 10.5. The van der Waals surface area contributed by atoms with Crippen LogP contribution >= 0.6 is 11.8 Å². The van der Waals surface area contributed by atoms with Gasteiger partial charge in [-0.15, -0.1) is 5.10 Å². The van der Waals surface area contributed by atoms with Crippen LogP contribution in [0.5, 0.6) is 0 Å². The maximum Gasteiger partial charge on any atom is 0.291 e. The third kappa shape index (κ3) is 3.79. The molecule has 0 saturated carbocycles. The molecule has 0 radical (unpaired) electrons. The summed E-state index contributed by atoms with van der Waals surface area (Å²) >= 11 is 0.941. The molecule has 10 nitrogen and oxygen atoms in total. The predicted molar refractivity (Wildman–Crippen MR) is 78.9 cm³/mol. The van der Waals surface area contributed by atoms with Gasteiger partial charge in [0.15, 0.2) is 0 Å². The monoisotopic (exact) mass is 322 g/mol. The number of nitrogens with two attached hydrogens (primary N) is 1. The number of rotatable bonds is 5. The minimum absolute atomic E-state index is 0.0493. The molecule has 1 aromatic carbocycles. The largest absolute Gasteiger partial charge is 0.334 e. The fraction of sp³-hybridized carbons (Fsp3) is 0.0909. The van der Waals surface area contributed by atoms with E-state index in [0.717, 1.165) is 22.6 Å². The van der Waals surface area contributed by atoms with Crippen molar-refractivity contribution in [1.82, 2.24) is 14.9 Å². The summed E-state index contributed by atoms with van der Waals surface area (Å²) in [6, 6.07) is 5.40. The number of nitrogen functional groups attached to an aromatic ring is 1. The minimum Gasteiger partial charge on any atom is -0.334 e. The molecule has 114 valence electrons. The van der Waals surface area contributed by atoms with Crippen LogP contribution in [0.15, 0.2) is 40.4 Å². The highest BCUT2D eigenvalue weighted by Crippen LogP contribution is 2.16. The average Bonchev–Trinajstić information content (AvgIpc) is 2.49. The van der Waals surface area contributed by atoms with Gasteiger partial charge in [-0.05, 0) is 12.1 Å². The van der Waals surface area contributed by atoms with E-state index >= 15 is 0 Å². The van der Waals surface area contributed by atoms with Crippen molar-refractivity contribution in [2.45, 2.75) is 5.16 Å². The summed E-state index contributed by atoms with van der Waals surface area (Å²) < 4.78 is 0.789. The molecule has 0 aliphatic rings. The normalized spacial score (nSPS) is 10.2. The Kier molecular flexibility index (Phi) is 4.68. The molecule has 1 aromatic heterocycles. The number of benzene rings is 1. The SMILES string of the molecule is Nn1c(SCC(=O)Nc2ccc([N+](=O)[O-])cc2)nncc1=O. The van der Waals surface area contributed by atoms with E-state index in [0.29, 0.717) is 5.69 Å². The number of anilines is 1. The number of hydrogen-bond acceptors (Lipinski definition) is 8. The van der Waals surface area contributed by atoms with Gasteiger partial charge >= 0.3 is 0 Å². The Bertz CT molecular complexity index is 760. The highest BCUT2D eigenvalue weighted by Gasteiger charge is 2.09. The summed E-state index contributed by atoms with van der Waals surface area (Å²) in [5.74, 6) is 5.02. The van der Waals surface area contributed by atoms with Gasteiger partial charge in [0.25, 0.3) is 11.2 Å². The summed E-state index contributed by atoms with van der Waals surface area (Å²) in [4.78, 5) is 33.0. The van der Waals surface area contributed by atoms with Gasteiger partial charge in [0.05, 0.1) is 10.7 Å². The van der Waals surface area contributed by atoms with Gasteiger partial charge in [0.2, 0.25) is 11.1 Å². The van der Waals surface area contributed by atoms with E-state index in [9.17, 15) is 19.7 Å². The standard InChI is InChI=1S/C11H10N6O4S/c12-16-10(19)5-13-15-11(16)22-6-9(18)14-7-1-3-8(4-2-7)17(20)21/h1-5H,6,12H2,(H,14,18). The van der Waals surface area contributed by atoms with E-state index in [-0.39, 0.29) is 22.5 Å². The lowest BCUT2D eigenvalue weighted by molar-refractivity contribution is -0.384. The molecule has 22 heavy (non-hydrogen) atoms. The van der Waals surface area contributed by atoms with Crippen LogP contribution < -0.4 is 16.7 Å². The lowest BCUT2D eigenvalue weighted by atomic mass is 10.3. The summed E-state index contributed by atoms with van der Waals surface area (Å²) in [6.45, 7) is 0. The van der Waals surface area contributed by atoms with Crippen molar-refractivity contribution in [1.29, 1.82) is 0 Å². The molecule has 0 fully saturated rings. The number of nitrogens with zero attached hydrogens (tertiary/aromatic N) is 4. The molecule has 0 unspecified atom stereocenters. The van der Waals surface area contributed by atoms with Crippen molar-refractivity contribution < 1.29 is 9.72 Å². The van der Waals surface area contributed by atoms with Crippen LogP contribution in [0.2, 0.25) is 0 Å². The van der Waals surface area contributed by atoms with Crippen molar-refractivity contribution in [3.8, 4) is 0 Å². The quantitative estimate of drug-likeness (QED) is 0.338. The molecule has 0 aliphatic carbocycles. The van der Waals surface area contributed by atoms with Gasteiger partial charge in [0, 0.05) is 17.8 Å². The van der Waals surface area contributed by atoms with Crippen molar-refractivity contribution in [3.05, 3.63) is 50.9 Å². The number of carbonyl (C=O) groups is 1. The smallest absolute Gasteiger partial charge is 0.291 e. The number of nitrogens with one attached hydrogen (secondary N) is 1. The lowest BCUT2D eigenvalue weighted by Crippen LogP contribution is -2.30. The third-order valence-electron chi connectivity index (χ3n) is 2.45. The molecule has 3 N–H and O–H groups in total. The molecule has 2 rings (SSSR count). The van der Waals surface area contributed by atoms with Crippen LogP contribution in [0.3, 0.4) is 0 Å². The van der Waals surface area contributed by atoms with Crippen molar-refractivity contribution in [2.24, 2.45) is 0 Å². The average molecular weight is 322 g/mol. The van der Waals surface area contributed by atoms with Gasteiger partial charge in [-0.1, -0.05) is 11.8 Å². The molecule has 1 heterocycles. The zero-order valence-corrected chi connectivity index (χ0v) is 11.8. The fourth-order valence-corrected chi connectivity index (χ4v) is 2.09. The van der Waals surface area contributed by atoms with E-state index < -0.39 is 10.5 Å². The number of carbonyl (C=O) groups excluding carboxylic acids is 1. The Balaban J connectivity index is 1.94. The number of nitro benzene ring substituents is 1. The molecule has 0 atom stereocenters. The third-order valence-corrected chi connectivity index (χ3v) is 3.39. The predicted octanol–water partition coefficient (Wildman–Crippen LogP) is -0.00890. The Morgan fingerprint density at radius 3 is 2.73 bits per heavy atom. The molecule has 1 amide bonds. The van der Waals surface area contributed by atoms with Gasteiger partial charge in [-0.3, -0.25) is 19.7 Å². The van der Waals surface area contributed by atoms with Gasteiger partial charge in [-0.25, -0.2) is 0 Å². The Hall–Kier alpha value is -2.95. The second-order valence-electron chi connectivity index (χ2n) is 3.98. The molecule has 0 spiro atoms. The summed E-state index contributed by atoms with van der Waals surface area (Å²) in [5.41, 5.74) is -0.187. The first-order valence-electron chi connectivity index (χ1n) is 5.84. The van der Waals surface area contributed by atoms with E-state index in [2.05, 4.69) is 15.5 Å². The zero-order chi connectivity index (χ0) is 16.1. The molecule has 0 aliphatic heterocycles. The van der Waals surface area contributed by atoms with Crippen molar-refractivity contribution in [3.63, 3.8) is 0 Å². The number of thioether (sulfide) groups is 1. The highest BCUT2D eigenvalue weighted by molar-refractivity contribution is 7.99. The van der Waals surface area contributed by atoms with Gasteiger partial charge in [0.1, 0.15) is 6.20 Å². The van der Waals surface area contributed by atoms with Crippen LogP contribution in [0, 0.1) is 10.1 Å². The van der Waals surface area contributed by atoms with E-state index in [1.807, 2.05) is 0 Å². The molecule has 11 heteroatoms. The Morgan fingerprint density at radius 1 is 1.41 bits per heavy atom. The van der Waals surface area contributed by atoms with E-state index in [1.165, 1.54) is 24.3 Å². The topological polar surface area (TPSA) is 146 Å². The summed E-state index contributed by atoms with van der Waals surface area (Å²) in [6.07, 6.45) is 0.959. The van der Waals surface area contributed by atoms with Crippen LogP contribution in [-0.4, -0.2) is 31.5 Å². The Labute approximate surface area is 127 Å². The van der Waals surface area contributed by atoms with Crippen molar-refractivity contribution >= 4 is 29.0 Å². The maximum atomic E-state index is 11.8. The van der Waals surface area contributed by atoms with Gasteiger partial charge in [-0.2, -0.15) is 9.77 Å². The molecular formula is C11H10N6O4S. The molecular weight excluding hydrogens is 312 g/mol. The fourth-order valence-electron chi connectivity index (χ4n) is 1.42. The number of hydrogen-bond donors (Lipinski definition) is 2. The lowest BCUT2D eigenvalue weighted by Gasteiger charge is -2.06. The molecule has 2 aromatic rings. The molecule has 0 bridgehead atoms. The zero-order valence-electron chi connectivity index (χ0n) is 11.0. The first kappa shape index (κ1) is 15.4. The number of non-ortho nitro benzene ring substituents is 1. The Morgan fingerprint density at radius 2 is 2.09 bits per heavy atom. The van der Waals surface area contributed by atoms with Gasteiger partial charge < -0.3 is 11.2 Å². The number of amides is 1. The second-order valence-corrected chi connectivity index (χ2v) is 4.92.